The van der Waals surface area contributed by atoms with Crippen LogP contribution in [-0.4, -0.2) is 23.8 Å². The van der Waals surface area contributed by atoms with Crippen LogP contribution in [-0.2, 0) is 16.1 Å². The van der Waals surface area contributed by atoms with Crippen LogP contribution in [0, 0.1) is 13.8 Å². The highest BCUT2D eigenvalue weighted by molar-refractivity contribution is 6.36. The van der Waals surface area contributed by atoms with Gasteiger partial charge in [0.25, 0.3) is 11.8 Å². The number of hydrogen-bond donors (Lipinski definition) is 1. The van der Waals surface area contributed by atoms with Gasteiger partial charge in [-0.15, -0.1) is 0 Å². The van der Waals surface area contributed by atoms with Gasteiger partial charge in [-0.25, -0.2) is 0 Å². The zero-order valence-electron chi connectivity index (χ0n) is 17.8. The Morgan fingerprint density at radius 2 is 1.42 bits per heavy atom. The number of nitrogens with zero attached hydrogens (tertiary/aromatic N) is 1. The number of para-hydroxylation sites is 2. The molecule has 1 N–H and O–H groups in total. The fraction of sp³-hybridized carbons (Fsp3) is 0.154. The van der Waals surface area contributed by atoms with Gasteiger partial charge in [-0.3, -0.25) is 14.5 Å². The number of amides is 2. The molecule has 0 fully saturated rings. The van der Waals surface area contributed by atoms with Crippen molar-refractivity contribution < 1.29 is 14.3 Å². The molecule has 0 unspecified atom stereocenters. The molecule has 4 rings (SSSR count). The minimum absolute atomic E-state index is 0.213. The van der Waals surface area contributed by atoms with Crippen molar-refractivity contribution in [2.24, 2.45) is 0 Å². The highest BCUT2D eigenvalue weighted by Gasteiger charge is 2.39. The molecule has 1 heterocycles. The van der Waals surface area contributed by atoms with Gasteiger partial charge in [0.15, 0.2) is 0 Å². The van der Waals surface area contributed by atoms with Gasteiger partial charge in [-0.1, -0.05) is 71.8 Å². The Morgan fingerprint density at radius 1 is 0.806 bits per heavy atom. The van der Waals surface area contributed by atoms with Crippen LogP contribution in [0.3, 0.4) is 0 Å². The Balaban J connectivity index is 1.75. The second-order valence-corrected chi connectivity index (χ2v) is 7.62. The molecule has 5 nitrogen and oxygen atoms in total. The number of anilines is 1. The van der Waals surface area contributed by atoms with Gasteiger partial charge in [-0.05, 0) is 37.1 Å². The molecule has 0 spiro atoms. The van der Waals surface area contributed by atoms with Gasteiger partial charge in [0.1, 0.15) is 11.4 Å². The van der Waals surface area contributed by atoms with Crippen LogP contribution in [0.5, 0.6) is 5.75 Å². The molecular formula is C26H24N2O3. The first-order valence-corrected chi connectivity index (χ1v) is 10.1. The first-order chi connectivity index (χ1) is 15.0. The molecule has 0 radical (unpaired) electrons. The summed E-state index contributed by atoms with van der Waals surface area (Å²) in [4.78, 5) is 28.1. The van der Waals surface area contributed by atoms with Crippen molar-refractivity contribution in [1.82, 2.24) is 4.90 Å². The molecule has 5 heteroatoms. The van der Waals surface area contributed by atoms with E-state index in [4.69, 9.17) is 4.74 Å². The van der Waals surface area contributed by atoms with Crippen LogP contribution in [0.2, 0.25) is 0 Å². The predicted octanol–water partition coefficient (Wildman–Crippen LogP) is 4.70. The summed E-state index contributed by atoms with van der Waals surface area (Å²) in [5, 5.41) is 3.17. The van der Waals surface area contributed by atoms with Gasteiger partial charge < -0.3 is 10.1 Å². The van der Waals surface area contributed by atoms with Crippen LogP contribution < -0.4 is 10.1 Å². The topological polar surface area (TPSA) is 58.6 Å². The summed E-state index contributed by atoms with van der Waals surface area (Å²) in [7, 11) is 1.57. The first kappa shape index (κ1) is 20.4. The summed E-state index contributed by atoms with van der Waals surface area (Å²) in [6, 6.07) is 22.8. The lowest BCUT2D eigenvalue weighted by atomic mass is 10.0. The van der Waals surface area contributed by atoms with Crippen molar-refractivity contribution >= 4 is 23.1 Å². The van der Waals surface area contributed by atoms with E-state index in [1.807, 2.05) is 80.6 Å². The molecule has 0 aromatic heterocycles. The van der Waals surface area contributed by atoms with Crippen molar-refractivity contribution in [3.63, 3.8) is 0 Å². The number of carbonyl (C=O) groups excluding carboxylic acids is 2. The van der Waals surface area contributed by atoms with Crippen molar-refractivity contribution in [1.29, 1.82) is 0 Å². The number of carbonyl (C=O) groups is 2. The molecule has 31 heavy (non-hydrogen) atoms. The number of hydrogen-bond acceptors (Lipinski definition) is 4. The molecule has 0 saturated heterocycles. The van der Waals surface area contributed by atoms with Crippen LogP contribution in [0.25, 0.3) is 5.57 Å². The third-order valence-corrected chi connectivity index (χ3v) is 5.34. The number of rotatable bonds is 6. The summed E-state index contributed by atoms with van der Waals surface area (Å²) in [6.07, 6.45) is 0. The fourth-order valence-electron chi connectivity index (χ4n) is 3.58. The molecule has 1 aliphatic rings. The molecule has 0 saturated carbocycles. The van der Waals surface area contributed by atoms with E-state index in [0.29, 0.717) is 22.6 Å². The molecular weight excluding hydrogens is 388 g/mol. The molecule has 3 aromatic rings. The third kappa shape index (κ3) is 4.08. The average molecular weight is 412 g/mol. The number of imide groups is 1. The van der Waals surface area contributed by atoms with Crippen LogP contribution in [0.1, 0.15) is 22.3 Å². The Labute approximate surface area is 182 Å². The smallest absolute Gasteiger partial charge is 0.278 e. The monoisotopic (exact) mass is 412 g/mol. The number of ether oxygens (including phenoxy) is 1. The van der Waals surface area contributed by atoms with E-state index in [9.17, 15) is 9.59 Å². The zero-order chi connectivity index (χ0) is 22.0. The number of nitrogens with one attached hydrogen (secondary N) is 1. The summed E-state index contributed by atoms with van der Waals surface area (Å²) >= 11 is 0. The van der Waals surface area contributed by atoms with E-state index in [-0.39, 0.29) is 24.1 Å². The van der Waals surface area contributed by atoms with Gasteiger partial charge >= 0.3 is 0 Å². The van der Waals surface area contributed by atoms with Crippen molar-refractivity contribution in [3.05, 3.63) is 101 Å². The molecule has 156 valence electrons. The Bertz CT molecular complexity index is 1160. The maximum atomic E-state index is 13.4. The minimum Gasteiger partial charge on any atom is -0.495 e. The van der Waals surface area contributed by atoms with Crippen molar-refractivity contribution in [3.8, 4) is 5.75 Å². The second-order valence-electron chi connectivity index (χ2n) is 7.62. The Kier molecular flexibility index (Phi) is 5.58. The Hall–Kier alpha value is -3.86. The standard InChI is InChI=1S/C26H24N2O3/c1-17-8-12-19(13-9-17)16-28-25(29)23(20-14-10-18(2)11-15-20)24(26(28)30)27-21-6-4-5-7-22(21)31-3/h4-15,27H,16H2,1-3H3. The maximum Gasteiger partial charge on any atom is 0.278 e. The first-order valence-electron chi connectivity index (χ1n) is 10.1. The van der Waals surface area contributed by atoms with E-state index < -0.39 is 0 Å². The van der Waals surface area contributed by atoms with E-state index in [0.717, 1.165) is 16.7 Å². The lowest BCUT2D eigenvalue weighted by Crippen LogP contribution is -2.32. The number of methoxy groups -OCH3 is 1. The summed E-state index contributed by atoms with van der Waals surface area (Å²) in [6.45, 7) is 4.20. The van der Waals surface area contributed by atoms with Crippen molar-refractivity contribution in [2.45, 2.75) is 20.4 Å². The molecule has 0 aliphatic carbocycles. The van der Waals surface area contributed by atoms with Crippen LogP contribution in [0.4, 0.5) is 5.69 Å². The second kappa shape index (κ2) is 8.48. The molecule has 2 amide bonds. The van der Waals surface area contributed by atoms with E-state index in [2.05, 4.69) is 5.32 Å². The minimum atomic E-state index is -0.355. The lowest BCUT2D eigenvalue weighted by Gasteiger charge is -2.16. The highest BCUT2D eigenvalue weighted by Crippen LogP contribution is 2.34. The summed E-state index contributed by atoms with van der Waals surface area (Å²) in [5.74, 6) is -0.0747. The quantitative estimate of drug-likeness (QED) is 0.596. The summed E-state index contributed by atoms with van der Waals surface area (Å²) in [5.41, 5.74) is 5.05. The largest absolute Gasteiger partial charge is 0.495 e. The van der Waals surface area contributed by atoms with Gasteiger partial charge in [0.05, 0.1) is 24.9 Å². The van der Waals surface area contributed by atoms with Gasteiger partial charge in [-0.2, -0.15) is 0 Å². The van der Waals surface area contributed by atoms with Crippen LogP contribution >= 0.6 is 0 Å². The van der Waals surface area contributed by atoms with Gasteiger partial charge in [0, 0.05) is 0 Å². The molecule has 1 aliphatic heterocycles. The maximum absolute atomic E-state index is 13.4. The number of aryl methyl sites for hydroxylation is 2. The zero-order valence-corrected chi connectivity index (χ0v) is 17.8. The Morgan fingerprint density at radius 3 is 2.06 bits per heavy atom. The highest BCUT2D eigenvalue weighted by atomic mass is 16.5. The lowest BCUT2D eigenvalue weighted by molar-refractivity contribution is -0.137. The predicted molar refractivity (Wildman–Crippen MR) is 121 cm³/mol. The molecule has 3 aromatic carbocycles. The average Bonchev–Trinajstić information content (AvgIpc) is 3.00. The van der Waals surface area contributed by atoms with Crippen molar-refractivity contribution in [2.75, 3.05) is 12.4 Å². The normalized spacial score (nSPS) is 13.7. The van der Waals surface area contributed by atoms with Crippen LogP contribution in [0.15, 0.2) is 78.5 Å². The molecule has 0 bridgehead atoms. The fourth-order valence-corrected chi connectivity index (χ4v) is 3.58. The SMILES string of the molecule is COc1ccccc1NC1=C(c2ccc(C)cc2)C(=O)N(Cc2ccc(C)cc2)C1=O. The van der Waals surface area contributed by atoms with E-state index >= 15 is 0 Å². The molecule has 0 atom stereocenters. The third-order valence-electron chi connectivity index (χ3n) is 5.34. The summed E-state index contributed by atoms with van der Waals surface area (Å²) < 4.78 is 5.41. The van der Waals surface area contributed by atoms with E-state index in [1.165, 1.54) is 4.90 Å². The van der Waals surface area contributed by atoms with E-state index in [1.54, 1.807) is 13.2 Å². The van der Waals surface area contributed by atoms with Gasteiger partial charge in [0.2, 0.25) is 0 Å². The number of benzene rings is 3.